The Hall–Kier alpha value is -10.8. The van der Waals surface area contributed by atoms with Crippen LogP contribution in [0.2, 0.25) is 0 Å². The maximum Gasteiger partial charge on any atom is 0.118 e. The molecule has 6 nitrogen and oxygen atoms in total. The molecule has 0 unspecified atom stereocenters. The number of fused-ring (bicyclic) bond motifs is 2. The van der Waals surface area contributed by atoms with E-state index >= 15 is 0 Å². The lowest BCUT2D eigenvalue weighted by Gasteiger charge is -2.29. The Bertz CT molecular complexity index is 4160. The van der Waals surface area contributed by atoms with E-state index in [9.17, 15) is 0 Å². The van der Waals surface area contributed by atoms with Crippen LogP contribution in [0.4, 0.5) is 11.4 Å². The molecule has 13 rings (SSSR count). The van der Waals surface area contributed by atoms with Crippen LogP contribution < -0.4 is 9.47 Å². The third-order valence-electron chi connectivity index (χ3n) is 15.1. The van der Waals surface area contributed by atoms with Crippen molar-refractivity contribution in [1.82, 2.24) is 9.97 Å². The van der Waals surface area contributed by atoms with Crippen molar-refractivity contribution in [3.63, 3.8) is 0 Å². The summed E-state index contributed by atoms with van der Waals surface area (Å²) in [6.45, 7) is 0. The minimum atomic E-state index is 0.786. The Balaban J connectivity index is 0.973. The van der Waals surface area contributed by atoms with E-state index in [0.717, 1.165) is 145 Å². The zero-order valence-corrected chi connectivity index (χ0v) is 45.3. The Morgan fingerprint density at radius 1 is 0.256 bits per heavy atom. The number of nitrogens with zero attached hydrogens (tertiary/aromatic N) is 4. The summed E-state index contributed by atoms with van der Waals surface area (Å²) >= 11 is 0. The highest BCUT2D eigenvalue weighted by Crippen LogP contribution is 2.56. The molecule has 0 saturated heterocycles. The maximum atomic E-state index is 5.78. The van der Waals surface area contributed by atoms with Crippen molar-refractivity contribution in [2.75, 3.05) is 14.2 Å². The first-order valence-electron chi connectivity index (χ1n) is 27.4. The van der Waals surface area contributed by atoms with Crippen molar-refractivity contribution in [3.8, 4) is 101 Å². The lowest BCUT2D eigenvalue weighted by Crippen LogP contribution is -2.02. The van der Waals surface area contributed by atoms with Gasteiger partial charge in [-0.15, -0.1) is 0 Å². The monoisotopic (exact) mass is 1050 g/mol. The molecule has 0 aliphatic heterocycles. The zero-order valence-electron chi connectivity index (χ0n) is 45.3. The summed E-state index contributed by atoms with van der Waals surface area (Å²) in [4.78, 5) is 19.2. The number of pyridine rings is 2. The van der Waals surface area contributed by atoms with Crippen LogP contribution in [0.5, 0.6) is 11.5 Å². The van der Waals surface area contributed by atoms with Gasteiger partial charge in [0.05, 0.1) is 60.4 Å². The van der Waals surface area contributed by atoms with Crippen molar-refractivity contribution >= 4 is 45.6 Å². The fourth-order valence-electron chi connectivity index (χ4n) is 10.9. The van der Waals surface area contributed by atoms with Crippen molar-refractivity contribution < 1.29 is 9.47 Å². The van der Waals surface area contributed by atoms with Gasteiger partial charge in [-0.1, -0.05) is 206 Å². The van der Waals surface area contributed by atoms with Crippen LogP contribution in [0.3, 0.4) is 0 Å². The van der Waals surface area contributed by atoms with Gasteiger partial charge < -0.3 is 9.47 Å². The molecular weight excluding hydrogens is 1000 g/mol. The first kappa shape index (κ1) is 50.7. The van der Waals surface area contributed by atoms with Gasteiger partial charge in [-0.25, -0.2) is 9.97 Å². The highest BCUT2D eigenvalue weighted by atomic mass is 16.5. The summed E-state index contributed by atoms with van der Waals surface area (Å²) in [6.07, 6.45) is 3.66. The molecule has 2 aromatic heterocycles. The van der Waals surface area contributed by atoms with E-state index in [1.165, 1.54) is 0 Å². The Morgan fingerprint density at radius 2 is 0.524 bits per heavy atom. The molecular formula is C76H54N4O2. The third kappa shape index (κ3) is 10.5. The molecule has 0 bridgehead atoms. The molecule has 390 valence electrons. The minimum absolute atomic E-state index is 0.786. The third-order valence-corrected chi connectivity index (χ3v) is 15.1. The van der Waals surface area contributed by atoms with Crippen LogP contribution in [0.25, 0.3) is 111 Å². The average molecular weight is 1060 g/mol. The summed E-state index contributed by atoms with van der Waals surface area (Å²) in [5.41, 5.74) is 22.7. The second-order valence-corrected chi connectivity index (χ2v) is 20.1. The lowest BCUT2D eigenvalue weighted by molar-refractivity contribution is 0.414. The number of aliphatic imine (C=N–C) groups is 2. The molecule has 0 atom stereocenters. The summed E-state index contributed by atoms with van der Waals surface area (Å²) in [5, 5.41) is 2.21. The van der Waals surface area contributed by atoms with E-state index < -0.39 is 0 Å². The number of hydrogen-bond donors (Lipinski definition) is 0. The SMILES string of the molecule is COc1ccc(-c2c(-c3ccccc3)c(-c3ccc(-c4ccc(N=Cc5ccc6ccccc6n5)cc4)cc3)c(-c3ccc(-c4ccc(N=Cc5ccc6ccccc6n5)cc4)cc3)c(-c3ccccc3)c2-c2ccc(OC)cc2)cc1. The van der Waals surface area contributed by atoms with Crippen LogP contribution in [0.1, 0.15) is 11.4 Å². The van der Waals surface area contributed by atoms with Gasteiger partial charge in [0.2, 0.25) is 0 Å². The van der Waals surface area contributed by atoms with Gasteiger partial charge >= 0.3 is 0 Å². The van der Waals surface area contributed by atoms with Crippen molar-refractivity contribution in [2.45, 2.75) is 0 Å². The predicted molar refractivity (Wildman–Crippen MR) is 341 cm³/mol. The van der Waals surface area contributed by atoms with Crippen LogP contribution in [0.15, 0.2) is 289 Å². The normalized spacial score (nSPS) is 11.4. The van der Waals surface area contributed by atoms with Gasteiger partial charge in [0.1, 0.15) is 11.5 Å². The topological polar surface area (TPSA) is 69.0 Å². The van der Waals surface area contributed by atoms with Gasteiger partial charge in [0.15, 0.2) is 0 Å². The minimum Gasteiger partial charge on any atom is -0.497 e. The smallest absolute Gasteiger partial charge is 0.118 e. The number of aromatic nitrogens is 2. The maximum absolute atomic E-state index is 5.78. The Kier molecular flexibility index (Phi) is 14.1. The number of hydrogen-bond acceptors (Lipinski definition) is 6. The van der Waals surface area contributed by atoms with Crippen LogP contribution in [-0.2, 0) is 0 Å². The van der Waals surface area contributed by atoms with Gasteiger partial charge in [-0.3, -0.25) is 9.98 Å². The van der Waals surface area contributed by atoms with Crippen LogP contribution >= 0.6 is 0 Å². The molecule has 0 N–H and O–H groups in total. The molecule has 0 radical (unpaired) electrons. The summed E-state index contributed by atoms with van der Waals surface area (Å²) < 4.78 is 11.6. The number of rotatable bonds is 14. The summed E-state index contributed by atoms with van der Waals surface area (Å²) in [7, 11) is 3.43. The highest BCUT2D eigenvalue weighted by molar-refractivity contribution is 6.15. The zero-order chi connectivity index (χ0) is 55.2. The number of ether oxygens (including phenoxy) is 2. The molecule has 82 heavy (non-hydrogen) atoms. The van der Waals surface area contributed by atoms with Gasteiger partial charge in [0, 0.05) is 10.8 Å². The van der Waals surface area contributed by atoms with Crippen molar-refractivity contribution in [1.29, 1.82) is 0 Å². The molecule has 6 heteroatoms. The molecule has 2 heterocycles. The van der Waals surface area contributed by atoms with Gasteiger partial charge in [-0.05, 0) is 162 Å². The average Bonchev–Trinajstić information content (AvgIpc) is 3.28. The molecule has 0 fully saturated rings. The van der Waals surface area contributed by atoms with Gasteiger partial charge in [-0.2, -0.15) is 0 Å². The molecule has 13 aromatic rings. The fourth-order valence-corrected chi connectivity index (χ4v) is 10.9. The predicted octanol–water partition coefficient (Wildman–Crippen LogP) is 19.6. The molecule has 0 amide bonds. The van der Waals surface area contributed by atoms with E-state index in [1.807, 2.05) is 61.0 Å². The van der Waals surface area contributed by atoms with E-state index in [1.54, 1.807) is 14.2 Å². The standard InChI is InChI=1S/C76H54N4O2/c1-81-67-45-35-61(36-46-67)75-71(57-15-5-3-6-16-57)73(59-25-21-51(22-26-59)53-29-39-63(40-30-53)77-49-65-43-33-55-13-9-11-19-69(55)79-65)74(72(58-17-7-4-8-18-58)76(75)62-37-47-68(82-2)48-38-62)60-27-23-52(24-28-60)54-31-41-64(42-32-54)78-50-66-44-34-56-14-10-12-20-70(56)80-66/h3-50H,1-2H3. The Morgan fingerprint density at radius 3 is 0.854 bits per heavy atom. The molecule has 11 aromatic carbocycles. The molecule has 0 spiro atoms. The number of benzene rings is 11. The number of para-hydroxylation sites is 2. The first-order valence-corrected chi connectivity index (χ1v) is 27.4. The van der Waals surface area contributed by atoms with Crippen molar-refractivity contribution in [3.05, 3.63) is 290 Å². The summed E-state index contributed by atoms with van der Waals surface area (Å²) in [5.74, 6) is 1.57. The van der Waals surface area contributed by atoms with E-state index in [2.05, 4.69) is 231 Å². The van der Waals surface area contributed by atoms with Crippen LogP contribution in [0, 0.1) is 0 Å². The largest absolute Gasteiger partial charge is 0.497 e. The molecule has 0 aliphatic carbocycles. The second kappa shape index (κ2) is 22.9. The summed E-state index contributed by atoms with van der Waals surface area (Å²) in [6, 6.07) is 98.0. The number of methoxy groups -OCH3 is 2. The van der Waals surface area contributed by atoms with E-state index in [-0.39, 0.29) is 0 Å². The van der Waals surface area contributed by atoms with Crippen molar-refractivity contribution in [2.24, 2.45) is 9.98 Å². The second-order valence-electron chi connectivity index (χ2n) is 20.1. The quantitative estimate of drug-likeness (QED) is 0.102. The fraction of sp³-hybridized carbons (Fsp3) is 0.0263. The highest BCUT2D eigenvalue weighted by Gasteiger charge is 2.29. The van der Waals surface area contributed by atoms with E-state index in [4.69, 9.17) is 29.4 Å². The van der Waals surface area contributed by atoms with Gasteiger partial charge in [0.25, 0.3) is 0 Å². The van der Waals surface area contributed by atoms with E-state index in [0.29, 0.717) is 0 Å². The first-order chi connectivity index (χ1) is 40.5. The molecule has 0 saturated carbocycles. The van der Waals surface area contributed by atoms with Crippen LogP contribution in [-0.4, -0.2) is 36.6 Å². The lowest BCUT2D eigenvalue weighted by atomic mass is 9.74. The Labute approximate surface area is 477 Å². The molecule has 0 aliphatic rings.